The van der Waals surface area contributed by atoms with E-state index in [0.717, 1.165) is 71.0 Å². The van der Waals surface area contributed by atoms with Crippen molar-refractivity contribution in [1.29, 1.82) is 0 Å². The molecular weight excluding hydrogens is 280 g/mol. The number of imidazole rings is 1. The fraction of sp³-hybridized carbons (Fsp3) is 0.750. The van der Waals surface area contributed by atoms with Crippen LogP contribution in [-0.4, -0.2) is 64.1 Å². The fourth-order valence-corrected chi connectivity index (χ4v) is 3.31. The number of aromatic nitrogens is 2. The average Bonchev–Trinajstić information content (AvgIpc) is 3.15. The molecule has 0 bridgehead atoms. The molecule has 2 aliphatic heterocycles. The molecule has 2 aliphatic rings. The molecule has 3 rings (SSSR count). The van der Waals surface area contributed by atoms with Gasteiger partial charge in [-0.25, -0.2) is 4.98 Å². The van der Waals surface area contributed by atoms with Crippen LogP contribution in [0.1, 0.15) is 32.0 Å². The van der Waals surface area contributed by atoms with Gasteiger partial charge in [0, 0.05) is 51.7 Å². The van der Waals surface area contributed by atoms with Crippen molar-refractivity contribution in [1.82, 2.24) is 19.4 Å². The lowest BCUT2D eigenvalue weighted by atomic mass is 10.2. The normalized spacial score (nSPS) is 23.7. The molecule has 0 saturated carbocycles. The SMILES string of the molecule is CCn1ccnc1CN1CCCN(C(=O)[C@H]2CCCO2)CC1. The second kappa shape index (κ2) is 7.24. The number of amides is 1. The number of rotatable bonds is 4. The van der Waals surface area contributed by atoms with Crippen LogP contribution in [0.4, 0.5) is 0 Å². The largest absolute Gasteiger partial charge is 0.368 e. The molecule has 22 heavy (non-hydrogen) atoms. The van der Waals surface area contributed by atoms with Crippen molar-refractivity contribution in [3.8, 4) is 0 Å². The molecule has 6 heteroatoms. The summed E-state index contributed by atoms with van der Waals surface area (Å²) in [6.45, 7) is 8.26. The first-order valence-corrected chi connectivity index (χ1v) is 8.40. The van der Waals surface area contributed by atoms with Gasteiger partial charge in [0.05, 0.1) is 6.54 Å². The highest BCUT2D eigenvalue weighted by atomic mass is 16.5. The van der Waals surface area contributed by atoms with Crippen LogP contribution in [-0.2, 0) is 22.6 Å². The predicted molar refractivity (Wildman–Crippen MR) is 83.3 cm³/mol. The monoisotopic (exact) mass is 306 g/mol. The van der Waals surface area contributed by atoms with Crippen LogP contribution in [0, 0.1) is 0 Å². The molecular formula is C16H26N4O2. The molecule has 0 N–H and O–H groups in total. The van der Waals surface area contributed by atoms with E-state index in [0.29, 0.717) is 0 Å². The molecule has 0 unspecified atom stereocenters. The van der Waals surface area contributed by atoms with E-state index in [2.05, 4.69) is 21.4 Å². The van der Waals surface area contributed by atoms with E-state index in [1.807, 2.05) is 17.3 Å². The van der Waals surface area contributed by atoms with Gasteiger partial charge in [-0.05, 0) is 26.2 Å². The lowest BCUT2D eigenvalue weighted by Crippen LogP contribution is -2.41. The van der Waals surface area contributed by atoms with Crippen molar-refractivity contribution in [3.63, 3.8) is 0 Å². The Morgan fingerprint density at radius 3 is 3.00 bits per heavy atom. The molecule has 2 fully saturated rings. The van der Waals surface area contributed by atoms with Crippen LogP contribution in [0.3, 0.4) is 0 Å². The van der Waals surface area contributed by atoms with Crippen molar-refractivity contribution in [2.24, 2.45) is 0 Å². The summed E-state index contributed by atoms with van der Waals surface area (Å²) in [6, 6.07) is 0. The summed E-state index contributed by atoms with van der Waals surface area (Å²) in [5, 5.41) is 0. The van der Waals surface area contributed by atoms with E-state index in [1.54, 1.807) is 0 Å². The third kappa shape index (κ3) is 3.50. The highest BCUT2D eigenvalue weighted by Crippen LogP contribution is 2.16. The smallest absolute Gasteiger partial charge is 0.251 e. The number of hydrogen-bond acceptors (Lipinski definition) is 4. The first-order chi connectivity index (χ1) is 10.8. The lowest BCUT2D eigenvalue weighted by molar-refractivity contribution is -0.140. The maximum atomic E-state index is 12.4. The summed E-state index contributed by atoms with van der Waals surface area (Å²) in [7, 11) is 0. The molecule has 0 spiro atoms. The summed E-state index contributed by atoms with van der Waals surface area (Å²) >= 11 is 0. The van der Waals surface area contributed by atoms with E-state index in [9.17, 15) is 4.79 Å². The Kier molecular flexibility index (Phi) is 5.10. The van der Waals surface area contributed by atoms with Gasteiger partial charge in [0.1, 0.15) is 11.9 Å². The minimum absolute atomic E-state index is 0.189. The maximum absolute atomic E-state index is 12.4. The number of nitrogens with zero attached hydrogens (tertiary/aromatic N) is 4. The first-order valence-electron chi connectivity index (χ1n) is 8.40. The van der Waals surface area contributed by atoms with Gasteiger partial charge >= 0.3 is 0 Å². The van der Waals surface area contributed by atoms with Crippen LogP contribution in [0.2, 0.25) is 0 Å². The Morgan fingerprint density at radius 2 is 2.23 bits per heavy atom. The predicted octanol–water partition coefficient (Wildman–Crippen LogP) is 1.12. The van der Waals surface area contributed by atoms with Gasteiger partial charge in [0.25, 0.3) is 5.91 Å². The maximum Gasteiger partial charge on any atom is 0.251 e. The third-order valence-electron chi connectivity index (χ3n) is 4.61. The Bertz CT molecular complexity index is 496. The minimum Gasteiger partial charge on any atom is -0.368 e. The highest BCUT2D eigenvalue weighted by molar-refractivity contribution is 5.81. The number of aryl methyl sites for hydroxylation is 1. The molecule has 1 aromatic rings. The zero-order chi connectivity index (χ0) is 15.4. The molecule has 122 valence electrons. The van der Waals surface area contributed by atoms with E-state index in [-0.39, 0.29) is 12.0 Å². The molecule has 3 heterocycles. The van der Waals surface area contributed by atoms with Crippen LogP contribution in [0.25, 0.3) is 0 Å². The Balaban J connectivity index is 1.54. The summed E-state index contributed by atoms with van der Waals surface area (Å²) < 4.78 is 7.71. The average molecular weight is 306 g/mol. The van der Waals surface area contributed by atoms with Crippen LogP contribution in [0.15, 0.2) is 12.4 Å². The molecule has 0 radical (unpaired) electrons. The number of ether oxygens (including phenoxy) is 1. The van der Waals surface area contributed by atoms with Crippen LogP contribution < -0.4 is 0 Å². The molecule has 2 saturated heterocycles. The first kappa shape index (κ1) is 15.5. The number of carbonyl (C=O) groups excluding carboxylic acids is 1. The van der Waals surface area contributed by atoms with E-state index < -0.39 is 0 Å². The van der Waals surface area contributed by atoms with Crippen molar-refractivity contribution in [2.45, 2.75) is 45.4 Å². The Morgan fingerprint density at radius 1 is 1.32 bits per heavy atom. The zero-order valence-electron chi connectivity index (χ0n) is 13.4. The van der Waals surface area contributed by atoms with Gasteiger partial charge in [0.15, 0.2) is 0 Å². The van der Waals surface area contributed by atoms with Crippen molar-refractivity contribution >= 4 is 5.91 Å². The summed E-state index contributed by atoms with van der Waals surface area (Å²) in [4.78, 5) is 21.3. The van der Waals surface area contributed by atoms with Gasteiger partial charge < -0.3 is 14.2 Å². The van der Waals surface area contributed by atoms with Gasteiger partial charge in [-0.3, -0.25) is 9.69 Å². The van der Waals surface area contributed by atoms with Crippen molar-refractivity contribution in [3.05, 3.63) is 18.2 Å². The fourth-order valence-electron chi connectivity index (χ4n) is 3.31. The Hall–Kier alpha value is -1.40. The summed E-state index contributed by atoms with van der Waals surface area (Å²) in [5.74, 6) is 1.30. The number of hydrogen-bond donors (Lipinski definition) is 0. The molecule has 6 nitrogen and oxygen atoms in total. The minimum atomic E-state index is -0.189. The molecule has 0 aliphatic carbocycles. The molecule has 1 atom stereocenters. The molecule has 1 amide bonds. The Labute approximate surface area is 132 Å². The highest BCUT2D eigenvalue weighted by Gasteiger charge is 2.29. The van der Waals surface area contributed by atoms with E-state index in [1.165, 1.54) is 0 Å². The van der Waals surface area contributed by atoms with Crippen LogP contribution >= 0.6 is 0 Å². The summed E-state index contributed by atoms with van der Waals surface area (Å²) in [6.07, 6.45) is 6.61. The molecule has 1 aromatic heterocycles. The lowest BCUT2D eigenvalue weighted by Gasteiger charge is -2.24. The van der Waals surface area contributed by atoms with Gasteiger partial charge in [-0.2, -0.15) is 0 Å². The molecule has 0 aromatic carbocycles. The van der Waals surface area contributed by atoms with E-state index >= 15 is 0 Å². The van der Waals surface area contributed by atoms with Gasteiger partial charge in [-0.15, -0.1) is 0 Å². The van der Waals surface area contributed by atoms with Crippen molar-refractivity contribution < 1.29 is 9.53 Å². The standard InChI is InChI=1S/C16H26N4O2/c1-2-19-9-6-17-15(19)13-18-7-4-8-20(11-10-18)16(21)14-5-3-12-22-14/h6,9,14H,2-5,7-8,10-13H2,1H3/t14-/m1/s1. The second-order valence-corrected chi connectivity index (χ2v) is 6.09. The quantitative estimate of drug-likeness (QED) is 0.836. The second-order valence-electron chi connectivity index (χ2n) is 6.09. The third-order valence-corrected chi connectivity index (χ3v) is 4.61. The van der Waals surface area contributed by atoms with Crippen molar-refractivity contribution in [2.75, 3.05) is 32.8 Å². The topological polar surface area (TPSA) is 50.6 Å². The summed E-state index contributed by atoms with van der Waals surface area (Å²) in [5.41, 5.74) is 0. The van der Waals surface area contributed by atoms with Crippen LogP contribution in [0.5, 0.6) is 0 Å². The number of carbonyl (C=O) groups is 1. The zero-order valence-corrected chi connectivity index (χ0v) is 13.4. The van der Waals surface area contributed by atoms with Gasteiger partial charge in [-0.1, -0.05) is 0 Å². The van der Waals surface area contributed by atoms with Gasteiger partial charge in [0.2, 0.25) is 0 Å². The van der Waals surface area contributed by atoms with E-state index in [4.69, 9.17) is 4.74 Å².